The standard InChI is InChI=1S/C19H18ClN3/c20-17-8-4-7-15(13-17)9-10-18-11-12-21-19(23-18)22-14-16-5-2-1-3-6-16/h1-8,11-13H,9-10,14H2,(H,21,22,23). The van der Waals surface area contributed by atoms with Gasteiger partial charge in [-0.1, -0.05) is 54.1 Å². The quantitative estimate of drug-likeness (QED) is 0.724. The number of halogens is 1. The van der Waals surface area contributed by atoms with Crippen LogP contribution in [0.5, 0.6) is 0 Å². The summed E-state index contributed by atoms with van der Waals surface area (Å²) >= 11 is 6.02. The van der Waals surface area contributed by atoms with Gasteiger partial charge in [-0.25, -0.2) is 9.97 Å². The molecule has 4 heteroatoms. The van der Waals surface area contributed by atoms with Crippen LogP contribution < -0.4 is 5.32 Å². The highest BCUT2D eigenvalue weighted by Crippen LogP contribution is 2.13. The largest absolute Gasteiger partial charge is 0.350 e. The van der Waals surface area contributed by atoms with E-state index in [0.717, 1.165) is 30.1 Å². The van der Waals surface area contributed by atoms with Crippen LogP contribution >= 0.6 is 11.6 Å². The van der Waals surface area contributed by atoms with Crippen LogP contribution in [0.3, 0.4) is 0 Å². The Bertz CT molecular complexity index is 759. The van der Waals surface area contributed by atoms with Crippen molar-refractivity contribution in [1.82, 2.24) is 9.97 Å². The second-order valence-electron chi connectivity index (χ2n) is 5.34. The first-order chi connectivity index (χ1) is 11.3. The zero-order valence-corrected chi connectivity index (χ0v) is 13.5. The lowest BCUT2D eigenvalue weighted by atomic mass is 10.1. The molecule has 1 heterocycles. The minimum Gasteiger partial charge on any atom is -0.350 e. The van der Waals surface area contributed by atoms with Crippen molar-refractivity contribution >= 4 is 17.5 Å². The zero-order valence-electron chi connectivity index (χ0n) is 12.7. The van der Waals surface area contributed by atoms with Crippen LogP contribution in [0.15, 0.2) is 66.9 Å². The molecule has 0 aliphatic carbocycles. The number of anilines is 1. The van der Waals surface area contributed by atoms with E-state index in [2.05, 4.69) is 33.5 Å². The van der Waals surface area contributed by atoms with Crippen LogP contribution in [0.25, 0.3) is 0 Å². The van der Waals surface area contributed by atoms with Gasteiger partial charge in [-0.05, 0) is 42.2 Å². The molecular weight excluding hydrogens is 306 g/mol. The Kier molecular flexibility index (Phi) is 5.22. The molecule has 0 aliphatic rings. The summed E-state index contributed by atoms with van der Waals surface area (Å²) in [7, 11) is 0. The Morgan fingerprint density at radius 2 is 1.70 bits per heavy atom. The SMILES string of the molecule is Clc1cccc(CCc2ccnc(NCc3ccccc3)n2)c1. The molecule has 0 saturated heterocycles. The topological polar surface area (TPSA) is 37.8 Å². The lowest BCUT2D eigenvalue weighted by Crippen LogP contribution is -2.05. The molecule has 3 rings (SSSR count). The molecule has 0 spiro atoms. The van der Waals surface area contributed by atoms with Gasteiger partial charge in [0.05, 0.1) is 0 Å². The normalized spacial score (nSPS) is 10.5. The number of hydrogen-bond donors (Lipinski definition) is 1. The van der Waals surface area contributed by atoms with Crippen molar-refractivity contribution in [2.24, 2.45) is 0 Å². The number of aryl methyl sites for hydroxylation is 2. The van der Waals surface area contributed by atoms with Crippen molar-refractivity contribution in [2.45, 2.75) is 19.4 Å². The molecule has 3 aromatic rings. The molecule has 0 aliphatic heterocycles. The Hall–Kier alpha value is -2.39. The van der Waals surface area contributed by atoms with Gasteiger partial charge in [0.15, 0.2) is 0 Å². The second-order valence-corrected chi connectivity index (χ2v) is 5.78. The number of aromatic nitrogens is 2. The average molecular weight is 324 g/mol. The monoisotopic (exact) mass is 323 g/mol. The van der Waals surface area contributed by atoms with Crippen molar-refractivity contribution < 1.29 is 0 Å². The fraction of sp³-hybridized carbons (Fsp3) is 0.158. The molecule has 2 aromatic carbocycles. The lowest BCUT2D eigenvalue weighted by Gasteiger charge is -2.07. The number of rotatable bonds is 6. The molecule has 0 unspecified atom stereocenters. The van der Waals surface area contributed by atoms with Gasteiger partial charge in [-0.3, -0.25) is 0 Å². The molecule has 1 N–H and O–H groups in total. The highest BCUT2D eigenvalue weighted by molar-refractivity contribution is 6.30. The fourth-order valence-corrected chi connectivity index (χ4v) is 2.58. The third-order valence-electron chi connectivity index (χ3n) is 3.57. The van der Waals surface area contributed by atoms with E-state index in [-0.39, 0.29) is 0 Å². The van der Waals surface area contributed by atoms with Gasteiger partial charge in [-0.15, -0.1) is 0 Å². The van der Waals surface area contributed by atoms with Gasteiger partial charge in [-0.2, -0.15) is 0 Å². The number of benzene rings is 2. The third kappa shape index (κ3) is 4.80. The van der Waals surface area contributed by atoms with Gasteiger partial charge < -0.3 is 5.32 Å². The molecule has 116 valence electrons. The van der Waals surface area contributed by atoms with E-state index in [0.29, 0.717) is 5.95 Å². The molecule has 1 aromatic heterocycles. The summed E-state index contributed by atoms with van der Waals surface area (Å²) in [5.74, 6) is 0.664. The highest BCUT2D eigenvalue weighted by Gasteiger charge is 2.01. The Balaban J connectivity index is 1.59. The van der Waals surface area contributed by atoms with E-state index in [1.807, 2.05) is 42.5 Å². The van der Waals surface area contributed by atoms with E-state index in [9.17, 15) is 0 Å². The predicted molar refractivity (Wildman–Crippen MR) is 94.7 cm³/mol. The van der Waals surface area contributed by atoms with Crippen LogP contribution in [-0.4, -0.2) is 9.97 Å². The van der Waals surface area contributed by atoms with Crippen molar-refractivity contribution in [3.05, 3.63) is 88.7 Å². The van der Waals surface area contributed by atoms with Crippen molar-refractivity contribution in [3.8, 4) is 0 Å². The summed E-state index contributed by atoms with van der Waals surface area (Å²) in [4.78, 5) is 8.85. The van der Waals surface area contributed by atoms with Crippen molar-refractivity contribution in [2.75, 3.05) is 5.32 Å². The first-order valence-corrected chi connectivity index (χ1v) is 8.01. The third-order valence-corrected chi connectivity index (χ3v) is 3.80. The van der Waals surface area contributed by atoms with Gasteiger partial charge in [0, 0.05) is 23.5 Å². The summed E-state index contributed by atoms with van der Waals surface area (Å²) in [5, 5.41) is 4.04. The lowest BCUT2D eigenvalue weighted by molar-refractivity contribution is 0.896. The number of nitrogens with one attached hydrogen (secondary N) is 1. The van der Waals surface area contributed by atoms with Crippen LogP contribution in [0.4, 0.5) is 5.95 Å². The minimum absolute atomic E-state index is 0.664. The number of hydrogen-bond acceptors (Lipinski definition) is 3. The summed E-state index contributed by atoms with van der Waals surface area (Å²) in [5.41, 5.74) is 3.45. The molecular formula is C19H18ClN3. The molecule has 0 bridgehead atoms. The molecule has 0 radical (unpaired) electrons. The summed E-state index contributed by atoms with van der Waals surface area (Å²) in [6.45, 7) is 0.721. The maximum Gasteiger partial charge on any atom is 0.223 e. The highest BCUT2D eigenvalue weighted by atomic mass is 35.5. The van der Waals surface area contributed by atoms with Crippen molar-refractivity contribution in [3.63, 3.8) is 0 Å². The van der Waals surface area contributed by atoms with Crippen LogP contribution in [0, 0.1) is 0 Å². The first kappa shape index (κ1) is 15.5. The summed E-state index contributed by atoms with van der Waals surface area (Å²) in [6.07, 6.45) is 3.58. The maximum absolute atomic E-state index is 6.02. The van der Waals surface area contributed by atoms with E-state index >= 15 is 0 Å². The fourth-order valence-electron chi connectivity index (χ4n) is 2.36. The zero-order chi connectivity index (χ0) is 15.9. The molecule has 0 atom stereocenters. The van der Waals surface area contributed by atoms with Crippen LogP contribution in [0.1, 0.15) is 16.8 Å². The first-order valence-electron chi connectivity index (χ1n) is 7.64. The van der Waals surface area contributed by atoms with Gasteiger partial charge in [0.2, 0.25) is 5.95 Å². The van der Waals surface area contributed by atoms with E-state index < -0.39 is 0 Å². The summed E-state index contributed by atoms with van der Waals surface area (Å²) < 4.78 is 0. The predicted octanol–water partition coefficient (Wildman–Crippen LogP) is 4.53. The molecule has 0 fully saturated rings. The van der Waals surface area contributed by atoms with Gasteiger partial charge in [0.25, 0.3) is 0 Å². The second kappa shape index (κ2) is 7.75. The maximum atomic E-state index is 6.02. The van der Waals surface area contributed by atoms with Gasteiger partial charge in [0.1, 0.15) is 0 Å². The molecule has 23 heavy (non-hydrogen) atoms. The Morgan fingerprint density at radius 1 is 0.870 bits per heavy atom. The summed E-state index contributed by atoms with van der Waals surface area (Å²) in [6, 6.07) is 20.1. The van der Waals surface area contributed by atoms with Gasteiger partial charge >= 0.3 is 0 Å². The van der Waals surface area contributed by atoms with E-state index in [1.54, 1.807) is 6.20 Å². The molecule has 3 nitrogen and oxygen atoms in total. The average Bonchev–Trinajstić information content (AvgIpc) is 2.60. The smallest absolute Gasteiger partial charge is 0.223 e. The minimum atomic E-state index is 0.664. The Morgan fingerprint density at radius 3 is 2.52 bits per heavy atom. The number of nitrogens with zero attached hydrogens (tertiary/aromatic N) is 2. The van der Waals surface area contributed by atoms with E-state index in [4.69, 9.17) is 11.6 Å². The molecule has 0 saturated carbocycles. The van der Waals surface area contributed by atoms with E-state index in [1.165, 1.54) is 11.1 Å². The van der Waals surface area contributed by atoms with Crippen LogP contribution in [-0.2, 0) is 19.4 Å². The van der Waals surface area contributed by atoms with Crippen molar-refractivity contribution in [1.29, 1.82) is 0 Å². The molecule has 0 amide bonds. The Labute approximate surface area is 141 Å². The van der Waals surface area contributed by atoms with Crippen LogP contribution in [0.2, 0.25) is 5.02 Å².